The Morgan fingerprint density at radius 1 is 0.464 bits per heavy atom. The van der Waals surface area contributed by atoms with Gasteiger partial charge >= 0.3 is 17.9 Å². The van der Waals surface area contributed by atoms with Crippen molar-refractivity contribution in [2.24, 2.45) is 49.7 Å². The second kappa shape index (κ2) is 29.9. The van der Waals surface area contributed by atoms with Crippen LogP contribution in [0.25, 0.3) is 0 Å². The highest BCUT2D eigenvalue weighted by atomic mass is 16.5. The van der Waals surface area contributed by atoms with Crippen LogP contribution in [0.3, 0.4) is 0 Å². The molecule has 0 heterocycles. The number of nitrogens with two attached hydrogens (primary N) is 1. The van der Waals surface area contributed by atoms with Crippen LogP contribution in [0.4, 0.5) is 0 Å². The van der Waals surface area contributed by atoms with Crippen molar-refractivity contribution in [2.75, 3.05) is 28.4 Å². The zero-order chi connectivity index (χ0) is 51.8. The first-order valence-corrected chi connectivity index (χ1v) is 24.8. The van der Waals surface area contributed by atoms with Crippen LogP contribution in [0, 0.1) is 34.0 Å². The molecule has 0 aliphatic heterocycles. The molecule has 3 aliphatic carbocycles. The van der Waals surface area contributed by atoms with Gasteiger partial charge < -0.3 is 25.1 Å². The van der Waals surface area contributed by atoms with Gasteiger partial charge in [-0.05, 0) is 159 Å². The number of rotatable bonds is 8. The van der Waals surface area contributed by atoms with Crippen molar-refractivity contribution in [2.45, 2.75) is 157 Å². The molecule has 0 atom stereocenters. The minimum atomic E-state index is -0.396. The van der Waals surface area contributed by atoms with Crippen LogP contribution in [0.5, 0.6) is 0 Å². The van der Waals surface area contributed by atoms with Crippen molar-refractivity contribution in [1.29, 1.82) is 0 Å². The number of benzene rings is 3. The number of hydrogen-bond donors (Lipinski definition) is 2. The Hall–Kier alpha value is -5.00. The van der Waals surface area contributed by atoms with E-state index < -0.39 is 5.97 Å². The largest absolute Gasteiger partial charge is 0.465 e. The Kier molecular flexibility index (Phi) is 26.1. The standard InChI is InChI=1S/2C19H27NO2.C10H21N.C9H8O3.CH4O/c2*1-19(2,3)16-9-11-17(12-10-16)20-13-14-5-7-15(8-6-14)18(21)22-4;1-10(2,3)8-4-6-9(11)7-5-8;1-12-9(11)8-4-2-7(6-10)3-5-8;1-2/h2*5-8,13,16-17H,9-12H2,1-4H3;8-9H,4-7,11H2,1-3H3;2-6H,1H3;2H,1H3. The lowest BCUT2D eigenvalue weighted by Crippen LogP contribution is -2.31. The number of carbonyl (C=O) groups excluding carboxylic acids is 4. The van der Waals surface area contributed by atoms with Crippen molar-refractivity contribution in [3.8, 4) is 0 Å². The van der Waals surface area contributed by atoms with E-state index in [0.29, 0.717) is 56.6 Å². The number of aldehydes is 1. The Bertz CT molecular complexity index is 1900. The molecule has 3 aromatic carbocycles. The van der Waals surface area contributed by atoms with Crippen LogP contribution in [-0.2, 0) is 14.2 Å². The van der Waals surface area contributed by atoms with E-state index in [1.807, 2.05) is 36.7 Å². The fourth-order valence-electron chi connectivity index (χ4n) is 9.01. The number of aliphatic hydroxyl groups is 1. The van der Waals surface area contributed by atoms with E-state index in [0.717, 1.165) is 42.3 Å². The van der Waals surface area contributed by atoms with Crippen LogP contribution < -0.4 is 5.73 Å². The second-order valence-corrected chi connectivity index (χ2v) is 21.7. The number of ether oxygens (including phenoxy) is 3. The Labute approximate surface area is 415 Å². The fourth-order valence-corrected chi connectivity index (χ4v) is 9.01. The smallest absolute Gasteiger partial charge is 0.337 e. The predicted molar refractivity (Wildman–Crippen MR) is 282 cm³/mol. The molecule has 3 aliphatic rings. The lowest BCUT2D eigenvalue weighted by atomic mass is 9.71. The number of aliphatic hydroxyl groups excluding tert-OH is 1. The minimum Gasteiger partial charge on any atom is -0.465 e. The van der Waals surface area contributed by atoms with Gasteiger partial charge in [-0.1, -0.05) is 98.7 Å². The zero-order valence-electron chi connectivity index (χ0n) is 44.4. The maximum Gasteiger partial charge on any atom is 0.337 e. The molecule has 11 nitrogen and oxygen atoms in total. The average molecular weight is 954 g/mol. The third-order valence-corrected chi connectivity index (χ3v) is 13.8. The van der Waals surface area contributed by atoms with Crippen molar-refractivity contribution in [1.82, 2.24) is 0 Å². The van der Waals surface area contributed by atoms with E-state index in [1.54, 1.807) is 48.5 Å². The maximum absolute atomic E-state index is 11.4. The summed E-state index contributed by atoms with van der Waals surface area (Å²) in [5, 5.41) is 7.00. The average Bonchev–Trinajstić information content (AvgIpc) is 3.35. The van der Waals surface area contributed by atoms with Gasteiger partial charge in [0.25, 0.3) is 0 Å². The summed E-state index contributed by atoms with van der Waals surface area (Å²) in [6, 6.07) is 22.4. The molecule has 382 valence electrons. The minimum absolute atomic E-state index is 0.302. The molecule has 3 saturated carbocycles. The van der Waals surface area contributed by atoms with Gasteiger partial charge in [0.15, 0.2) is 0 Å². The molecule has 0 spiro atoms. The maximum atomic E-state index is 11.4. The first-order valence-electron chi connectivity index (χ1n) is 24.8. The number of carbonyl (C=O) groups is 4. The van der Waals surface area contributed by atoms with Gasteiger partial charge in [-0.2, -0.15) is 0 Å². The molecular weight excluding hydrogens is 867 g/mol. The molecule has 0 aromatic heterocycles. The van der Waals surface area contributed by atoms with Gasteiger partial charge in [0.2, 0.25) is 0 Å². The fraction of sp³-hybridized carbons (Fsp3) is 0.586. The monoisotopic (exact) mass is 954 g/mol. The summed E-state index contributed by atoms with van der Waals surface area (Å²) in [5.41, 5.74) is 11.4. The van der Waals surface area contributed by atoms with Crippen molar-refractivity contribution in [3.05, 3.63) is 106 Å². The summed E-state index contributed by atoms with van der Waals surface area (Å²) in [4.78, 5) is 53.4. The highest BCUT2D eigenvalue weighted by molar-refractivity contribution is 5.92. The summed E-state index contributed by atoms with van der Waals surface area (Å²) in [6.45, 7) is 21.0. The van der Waals surface area contributed by atoms with Crippen molar-refractivity contribution in [3.63, 3.8) is 0 Å². The predicted octanol–water partition coefficient (Wildman–Crippen LogP) is 12.4. The molecule has 3 fully saturated rings. The third kappa shape index (κ3) is 22.1. The van der Waals surface area contributed by atoms with E-state index in [4.69, 9.17) is 30.3 Å². The topological polar surface area (TPSA) is 167 Å². The number of nitrogens with zero attached hydrogens (tertiary/aromatic N) is 2. The highest BCUT2D eigenvalue weighted by Gasteiger charge is 2.31. The highest BCUT2D eigenvalue weighted by Crippen LogP contribution is 2.40. The molecule has 69 heavy (non-hydrogen) atoms. The van der Waals surface area contributed by atoms with Gasteiger partial charge in [-0.3, -0.25) is 14.8 Å². The SMILES string of the molecule is CC(C)(C)C1CCC(N)CC1.CO.COC(=O)c1ccc(C=NC2CCC(C(C)(C)C)CC2)cc1.COC(=O)c1ccc(C=NC2CCC(C(C)(C)C)CC2)cc1.COC(=O)c1ccc(C=O)cc1. The molecule has 0 saturated heterocycles. The summed E-state index contributed by atoms with van der Waals surface area (Å²) in [7, 11) is 5.10. The Balaban J connectivity index is 0.000000325. The van der Waals surface area contributed by atoms with Gasteiger partial charge in [0, 0.05) is 43.2 Å². The van der Waals surface area contributed by atoms with Crippen LogP contribution in [0.15, 0.2) is 82.8 Å². The normalized spacial score (nSPS) is 21.6. The van der Waals surface area contributed by atoms with E-state index >= 15 is 0 Å². The summed E-state index contributed by atoms with van der Waals surface area (Å²) >= 11 is 0. The van der Waals surface area contributed by atoms with Crippen molar-refractivity contribution < 1.29 is 38.5 Å². The van der Waals surface area contributed by atoms with Gasteiger partial charge in [-0.15, -0.1) is 0 Å². The molecule has 3 N–H and O–H groups in total. The second-order valence-electron chi connectivity index (χ2n) is 21.7. The quantitative estimate of drug-likeness (QED) is 0.0966. The van der Waals surface area contributed by atoms with E-state index in [-0.39, 0.29) is 11.9 Å². The molecule has 6 rings (SSSR count). The zero-order valence-corrected chi connectivity index (χ0v) is 44.4. The van der Waals surface area contributed by atoms with E-state index in [1.165, 1.54) is 98.4 Å². The molecule has 0 amide bonds. The van der Waals surface area contributed by atoms with Crippen LogP contribution in [-0.4, -0.2) is 88.3 Å². The molecule has 3 aromatic rings. The number of esters is 3. The van der Waals surface area contributed by atoms with E-state index in [9.17, 15) is 19.2 Å². The summed E-state index contributed by atoms with van der Waals surface area (Å²) in [5.74, 6) is 1.54. The van der Waals surface area contributed by atoms with Crippen LogP contribution >= 0.6 is 0 Å². The van der Waals surface area contributed by atoms with Gasteiger partial charge in [0.1, 0.15) is 6.29 Å². The van der Waals surface area contributed by atoms with E-state index in [2.05, 4.69) is 67.1 Å². The Morgan fingerprint density at radius 3 is 0.942 bits per heavy atom. The number of aliphatic imine (C=N–C) groups is 2. The number of hydrogen-bond acceptors (Lipinski definition) is 11. The molecule has 0 bridgehead atoms. The first-order chi connectivity index (χ1) is 32.6. The van der Waals surface area contributed by atoms with Gasteiger partial charge in [0.05, 0.1) is 38.0 Å². The summed E-state index contributed by atoms with van der Waals surface area (Å²) < 4.78 is 13.9. The van der Waals surface area contributed by atoms with Gasteiger partial charge in [-0.25, -0.2) is 14.4 Å². The molecular formula is C58H87N3O8. The lowest BCUT2D eigenvalue weighted by molar-refractivity contribution is 0.0592. The molecule has 0 radical (unpaired) electrons. The van der Waals surface area contributed by atoms with Crippen LogP contribution in [0.2, 0.25) is 0 Å². The summed E-state index contributed by atoms with van der Waals surface area (Å²) in [6.07, 6.45) is 19.5. The number of methoxy groups -OCH3 is 3. The third-order valence-electron chi connectivity index (χ3n) is 13.8. The molecule has 0 unspecified atom stereocenters. The Morgan fingerprint density at radius 2 is 0.710 bits per heavy atom. The lowest BCUT2D eigenvalue weighted by Gasteiger charge is -2.35. The van der Waals surface area contributed by atoms with Crippen molar-refractivity contribution >= 4 is 36.6 Å². The molecule has 11 heteroatoms. The first kappa shape index (κ1) is 60.1. The van der Waals surface area contributed by atoms with Crippen LogP contribution in [0.1, 0.15) is 192 Å².